The summed E-state index contributed by atoms with van der Waals surface area (Å²) in [6.07, 6.45) is -4.55. The molecule has 21 heavy (non-hydrogen) atoms. The van der Waals surface area contributed by atoms with E-state index in [2.05, 4.69) is 10.2 Å². The molecule has 3 aromatic rings. The number of carboxylic acids is 1. The third-order valence-electron chi connectivity index (χ3n) is 2.90. The highest BCUT2D eigenvalue weighted by molar-refractivity contribution is 5.88. The number of H-pyrrole nitrogens is 1. The lowest BCUT2D eigenvalue weighted by atomic mass is 10.1. The van der Waals surface area contributed by atoms with E-state index >= 15 is 0 Å². The van der Waals surface area contributed by atoms with E-state index in [0.717, 1.165) is 6.07 Å². The van der Waals surface area contributed by atoms with Crippen LogP contribution in [0.3, 0.4) is 0 Å². The molecular formula is C13H7F3N2O3. The van der Waals surface area contributed by atoms with Gasteiger partial charge in [0.1, 0.15) is 11.3 Å². The number of nitrogens with one attached hydrogen (secondary N) is 1. The number of furan rings is 1. The number of aromatic carboxylic acids is 1. The number of carboxylic acid groups (broad SMARTS) is 1. The van der Waals surface area contributed by atoms with Gasteiger partial charge in [-0.3, -0.25) is 5.10 Å². The van der Waals surface area contributed by atoms with Crippen molar-refractivity contribution in [2.75, 3.05) is 0 Å². The van der Waals surface area contributed by atoms with Crippen molar-refractivity contribution in [3.63, 3.8) is 0 Å². The Morgan fingerprint density at radius 2 is 2.00 bits per heavy atom. The van der Waals surface area contributed by atoms with Crippen molar-refractivity contribution >= 4 is 16.9 Å². The molecule has 0 atom stereocenters. The van der Waals surface area contributed by atoms with E-state index in [9.17, 15) is 18.0 Å². The molecule has 1 aromatic carbocycles. The summed E-state index contributed by atoms with van der Waals surface area (Å²) < 4.78 is 42.4. The van der Waals surface area contributed by atoms with Crippen LogP contribution in [0.15, 0.2) is 34.7 Å². The van der Waals surface area contributed by atoms with Crippen molar-refractivity contribution in [3.8, 4) is 11.3 Å². The first-order chi connectivity index (χ1) is 9.84. The minimum absolute atomic E-state index is 0.0973. The fourth-order valence-corrected chi connectivity index (χ4v) is 1.92. The van der Waals surface area contributed by atoms with Crippen molar-refractivity contribution in [2.45, 2.75) is 6.18 Å². The normalized spacial score (nSPS) is 12.0. The molecule has 0 aliphatic heterocycles. The molecule has 0 unspecified atom stereocenters. The van der Waals surface area contributed by atoms with Gasteiger partial charge in [0.25, 0.3) is 0 Å². The molecule has 2 heterocycles. The minimum Gasteiger partial charge on any atom is -0.477 e. The van der Waals surface area contributed by atoms with E-state index in [0.29, 0.717) is 11.3 Å². The van der Waals surface area contributed by atoms with Gasteiger partial charge in [-0.15, -0.1) is 0 Å². The number of aromatic nitrogens is 2. The van der Waals surface area contributed by atoms with E-state index < -0.39 is 17.9 Å². The van der Waals surface area contributed by atoms with Crippen LogP contribution in [0.2, 0.25) is 0 Å². The average Bonchev–Trinajstić information content (AvgIpc) is 3.04. The van der Waals surface area contributed by atoms with E-state index in [4.69, 9.17) is 9.52 Å². The summed E-state index contributed by atoms with van der Waals surface area (Å²) in [6.45, 7) is 0. The van der Waals surface area contributed by atoms with Gasteiger partial charge >= 0.3 is 12.1 Å². The lowest BCUT2D eigenvalue weighted by Crippen LogP contribution is -2.01. The number of hydrogen-bond donors (Lipinski definition) is 2. The predicted molar refractivity (Wildman–Crippen MR) is 65.8 cm³/mol. The quantitative estimate of drug-likeness (QED) is 0.758. The van der Waals surface area contributed by atoms with Crippen LogP contribution in [0.25, 0.3) is 22.2 Å². The van der Waals surface area contributed by atoms with E-state index in [1.165, 1.54) is 24.3 Å². The van der Waals surface area contributed by atoms with Crippen LogP contribution >= 0.6 is 0 Å². The number of benzene rings is 1. The zero-order chi connectivity index (χ0) is 15.2. The highest BCUT2D eigenvalue weighted by Gasteiger charge is 2.35. The third-order valence-corrected chi connectivity index (χ3v) is 2.90. The molecule has 0 radical (unpaired) electrons. The van der Waals surface area contributed by atoms with Crippen molar-refractivity contribution < 1.29 is 27.5 Å². The van der Waals surface area contributed by atoms with Crippen LogP contribution in [-0.2, 0) is 6.18 Å². The molecule has 0 aliphatic carbocycles. The van der Waals surface area contributed by atoms with Crippen molar-refractivity contribution in [3.05, 3.63) is 41.8 Å². The molecule has 0 saturated heterocycles. The topological polar surface area (TPSA) is 79.1 Å². The molecular weight excluding hydrogens is 289 g/mol. The van der Waals surface area contributed by atoms with E-state index in [1.54, 1.807) is 0 Å². The molecule has 0 bridgehead atoms. The van der Waals surface area contributed by atoms with Gasteiger partial charge in [0.2, 0.25) is 5.76 Å². The first-order valence-electron chi connectivity index (χ1n) is 5.74. The molecule has 0 aliphatic rings. The SMILES string of the molecule is O=C(O)c1cc(-c2ccc3oc(C(F)(F)F)cc3c2)n[nH]1. The number of carbonyl (C=O) groups is 1. The Kier molecular flexibility index (Phi) is 2.75. The standard InChI is InChI=1S/C13H7F3N2O3/c14-13(15,16)11-4-7-3-6(1-2-10(7)21-11)8-5-9(12(19)20)18-17-8/h1-5H,(H,17,18)(H,19,20). The maximum Gasteiger partial charge on any atom is 0.449 e. The molecule has 0 fully saturated rings. The van der Waals surface area contributed by atoms with Crippen molar-refractivity contribution in [1.82, 2.24) is 10.2 Å². The van der Waals surface area contributed by atoms with E-state index in [-0.39, 0.29) is 16.7 Å². The van der Waals surface area contributed by atoms with Crippen molar-refractivity contribution in [1.29, 1.82) is 0 Å². The fourth-order valence-electron chi connectivity index (χ4n) is 1.92. The molecule has 5 nitrogen and oxygen atoms in total. The smallest absolute Gasteiger partial charge is 0.449 e. The summed E-state index contributed by atoms with van der Waals surface area (Å²) in [5, 5.41) is 15.2. The Hall–Kier alpha value is -2.77. The highest BCUT2D eigenvalue weighted by atomic mass is 19.4. The number of halogens is 3. The second-order valence-electron chi connectivity index (χ2n) is 4.33. The van der Waals surface area contributed by atoms with Crippen LogP contribution in [0, 0.1) is 0 Å². The molecule has 108 valence electrons. The number of aromatic amines is 1. The summed E-state index contributed by atoms with van der Waals surface area (Å²) >= 11 is 0. The van der Waals surface area contributed by atoms with Crippen molar-refractivity contribution in [2.24, 2.45) is 0 Å². The lowest BCUT2D eigenvalue weighted by molar-refractivity contribution is -0.152. The first kappa shape index (κ1) is 13.2. The molecule has 0 saturated carbocycles. The summed E-state index contributed by atoms with van der Waals surface area (Å²) in [5.74, 6) is -2.25. The molecule has 0 spiro atoms. The maximum atomic E-state index is 12.6. The third kappa shape index (κ3) is 2.35. The van der Waals surface area contributed by atoms with Crippen LogP contribution in [0.4, 0.5) is 13.2 Å². The fraction of sp³-hybridized carbons (Fsp3) is 0.0769. The zero-order valence-electron chi connectivity index (χ0n) is 10.2. The summed E-state index contributed by atoms with van der Waals surface area (Å²) in [7, 11) is 0. The Morgan fingerprint density at radius 3 is 2.62 bits per heavy atom. The number of fused-ring (bicyclic) bond motifs is 1. The minimum atomic E-state index is -4.55. The Bertz CT molecular complexity index is 833. The van der Waals surface area contributed by atoms with Crippen LogP contribution in [0.5, 0.6) is 0 Å². The first-order valence-corrected chi connectivity index (χ1v) is 5.74. The Morgan fingerprint density at radius 1 is 1.24 bits per heavy atom. The lowest BCUT2D eigenvalue weighted by Gasteiger charge is -1.98. The second-order valence-corrected chi connectivity index (χ2v) is 4.33. The molecule has 3 rings (SSSR count). The van der Waals surface area contributed by atoms with E-state index in [1.807, 2.05) is 0 Å². The molecule has 8 heteroatoms. The average molecular weight is 296 g/mol. The van der Waals surface area contributed by atoms with Gasteiger partial charge in [0.15, 0.2) is 0 Å². The number of nitrogens with zero attached hydrogens (tertiary/aromatic N) is 1. The largest absolute Gasteiger partial charge is 0.477 e. The number of hydrogen-bond acceptors (Lipinski definition) is 3. The van der Waals surface area contributed by atoms with Gasteiger partial charge < -0.3 is 9.52 Å². The van der Waals surface area contributed by atoms with Crippen LogP contribution < -0.4 is 0 Å². The predicted octanol–water partition coefficient (Wildman–Crippen LogP) is 3.54. The molecule has 2 aromatic heterocycles. The number of alkyl halides is 3. The number of rotatable bonds is 2. The van der Waals surface area contributed by atoms with Gasteiger partial charge in [-0.1, -0.05) is 0 Å². The van der Waals surface area contributed by atoms with Crippen LogP contribution in [0.1, 0.15) is 16.2 Å². The zero-order valence-corrected chi connectivity index (χ0v) is 10.2. The second kappa shape index (κ2) is 4.37. The van der Waals surface area contributed by atoms with Gasteiger partial charge in [-0.05, 0) is 30.3 Å². The summed E-state index contributed by atoms with van der Waals surface area (Å²) in [5.41, 5.74) is 0.804. The highest BCUT2D eigenvalue weighted by Crippen LogP contribution is 2.35. The summed E-state index contributed by atoms with van der Waals surface area (Å²) in [4.78, 5) is 10.8. The Balaban J connectivity index is 2.05. The maximum absolute atomic E-state index is 12.6. The van der Waals surface area contributed by atoms with Gasteiger partial charge in [-0.2, -0.15) is 18.3 Å². The van der Waals surface area contributed by atoms with Gasteiger partial charge in [0, 0.05) is 10.9 Å². The van der Waals surface area contributed by atoms with Crippen LogP contribution in [-0.4, -0.2) is 21.3 Å². The molecule has 0 amide bonds. The summed E-state index contributed by atoms with van der Waals surface area (Å²) in [6, 6.07) is 6.54. The van der Waals surface area contributed by atoms with Gasteiger partial charge in [-0.25, -0.2) is 4.79 Å². The Labute approximate surface area is 115 Å². The van der Waals surface area contributed by atoms with Gasteiger partial charge in [0.05, 0.1) is 5.69 Å². The molecule has 2 N–H and O–H groups in total. The monoisotopic (exact) mass is 296 g/mol.